The zero-order valence-corrected chi connectivity index (χ0v) is 23.9. The van der Waals surface area contributed by atoms with Gasteiger partial charge in [-0.2, -0.15) is 15.3 Å². The molecule has 1 amide bonds. The SMILES string of the molecule is C=C(/C=C(\N=NC)c1c(F)cccc1F)[C@@H]1CC[C@@](C)(CN(CC)C(=O)c2nn(C)cc2-c2ccno2)C1(C)C. The van der Waals surface area contributed by atoms with Crippen LogP contribution in [0.4, 0.5) is 8.78 Å². The molecule has 1 aliphatic rings. The van der Waals surface area contributed by atoms with Gasteiger partial charge in [0.05, 0.1) is 23.0 Å². The number of azo groups is 1. The minimum atomic E-state index is -0.710. The van der Waals surface area contributed by atoms with Crippen molar-refractivity contribution < 1.29 is 18.1 Å². The van der Waals surface area contributed by atoms with Crippen LogP contribution < -0.4 is 0 Å². The Kier molecular flexibility index (Phi) is 8.18. The van der Waals surface area contributed by atoms with Crippen LogP contribution in [0.2, 0.25) is 0 Å². The van der Waals surface area contributed by atoms with Gasteiger partial charge in [-0.3, -0.25) is 9.48 Å². The summed E-state index contributed by atoms with van der Waals surface area (Å²) in [6.45, 7) is 13.7. The second-order valence-corrected chi connectivity index (χ2v) is 11.1. The van der Waals surface area contributed by atoms with Gasteiger partial charge in [-0.15, -0.1) is 0 Å². The molecule has 8 nitrogen and oxygen atoms in total. The van der Waals surface area contributed by atoms with Crippen molar-refractivity contribution in [3.63, 3.8) is 0 Å². The number of rotatable bonds is 9. The molecule has 0 bridgehead atoms. The molecule has 1 saturated carbocycles. The molecule has 212 valence electrons. The van der Waals surface area contributed by atoms with Crippen LogP contribution in [0.3, 0.4) is 0 Å². The van der Waals surface area contributed by atoms with E-state index in [1.165, 1.54) is 31.4 Å². The van der Waals surface area contributed by atoms with Crippen molar-refractivity contribution in [1.29, 1.82) is 0 Å². The lowest BCUT2D eigenvalue weighted by Crippen LogP contribution is -2.46. The van der Waals surface area contributed by atoms with Gasteiger partial charge in [0.1, 0.15) is 11.6 Å². The van der Waals surface area contributed by atoms with Gasteiger partial charge < -0.3 is 9.42 Å². The minimum Gasteiger partial charge on any atom is -0.356 e. The molecular weight excluding hydrogens is 514 g/mol. The number of allylic oxidation sites excluding steroid dienone is 2. The number of aromatic nitrogens is 3. The molecule has 2 heterocycles. The molecule has 0 spiro atoms. The lowest BCUT2D eigenvalue weighted by molar-refractivity contribution is 0.0417. The first kappa shape index (κ1) is 29.0. The first-order chi connectivity index (χ1) is 18.9. The number of carbonyl (C=O) groups excluding carboxylic acids is 1. The Hall–Kier alpha value is -3.95. The third kappa shape index (κ3) is 5.26. The first-order valence-electron chi connectivity index (χ1n) is 13.3. The lowest BCUT2D eigenvalue weighted by Gasteiger charge is -2.44. The summed E-state index contributed by atoms with van der Waals surface area (Å²) < 4.78 is 36.1. The summed E-state index contributed by atoms with van der Waals surface area (Å²) in [5.41, 5.74) is 0.886. The third-order valence-electron chi connectivity index (χ3n) is 8.55. The standard InChI is InChI=1S/C30H36F2N6O2/c1-8-38(28(39)27-20(17-37(7)36-27)25-13-15-34-40-25)18-30(5)14-12-21(29(30,3)4)19(2)16-24(35-33-6)26-22(31)10-9-11-23(26)32/h9-11,13,15-17,21H,2,8,12,14,18H2,1,3-7H3/b24-16-,35-33?/t21-,30-/m0/s1. The van der Waals surface area contributed by atoms with E-state index in [1.807, 2.05) is 11.8 Å². The van der Waals surface area contributed by atoms with Crippen LogP contribution in [-0.2, 0) is 7.05 Å². The number of halogens is 2. The van der Waals surface area contributed by atoms with E-state index in [9.17, 15) is 13.6 Å². The van der Waals surface area contributed by atoms with Gasteiger partial charge in [0, 0.05) is 39.4 Å². The summed E-state index contributed by atoms with van der Waals surface area (Å²) in [6, 6.07) is 5.41. The van der Waals surface area contributed by atoms with Gasteiger partial charge in [-0.05, 0) is 60.3 Å². The number of benzene rings is 1. The van der Waals surface area contributed by atoms with Gasteiger partial charge in [-0.25, -0.2) is 8.78 Å². The second-order valence-electron chi connectivity index (χ2n) is 11.1. The third-order valence-corrected chi connectivity index (χ3v) is 8.55. The number of hydrogen-bond donors (Lipinski definition) is 0. The Bertz CT molecular complexity index is 1440. The van der Waals surface area contributed by atoms with E-state index >= 15 is 0 Å². The Labute approximate surface area is 233 Å². The maximum absolute atomic E-state index is 14.6. The minimum absolute atomic E-state index is 0.0113. The molecule has 1 aliphatic carbocycles. The summed E-state index contributed by atoms with van der Waals surface area (Å²) in [5.74, 6) is -1.14. The molecule has 4 rings (SSSR count). The van der Waals surface area contributed by atoms with Crippen molar-refractivity contribution in [2.45, 2.75) is 40.5 Å². The Balaban J connectivity index is 1.60. The van der Waals surface area contributed by atoms with Crippen LogP contribution >= 0.6 is 0 Å². The van der Waals surface area contributed by atoms with E-state index in [0.29, 0.717) is 35.7 Å². The van der Waals surface area contributed by atoms with E-state index in [-0.39, 0.29) is 33.9 Å². The van der Waals surface area contributed by atoms with E-state index < -0.39 is 11.6 Å². The second kappa shape index (κ2) is 11.3. The first-order valence-corrected chi connectivity index (χ1v) is 13.3. The molecule has 10 heteroatoms. The van der Waals surface area contributed by atoms with Crippen molar-refractivity contribution in [2.75, 3.05) is 20.1 Å². The Morgan fingerprint density at radius 3 is 2.58 bits per heavy atom. The zero-order chi connectivity index (χ0) is 29.2. The van der Waals surface area contributed by atoms with E-state index in [2.05, 4.69) is 47.8 Å². The summed E-state index contributed by atoms with van der Waals surface area (Å²) in [6.07, 6.45) is 6.54. The average molecular weight is 551 g/mol. The molecule has 0 aliphatic heterocycles. The van der Waals surface area contributed by atoms with Gasteiger partial charge in [0.2, 0.25) is 0 Å². The lowest BCUT2D eigenvalue weighted by atomic mass is 9.64. The number of carbonyl (C=O) groups is 1. The smallest absolute Gasteiger partial charge is 0.275 e. The van der Waals surface area contributed by atoms with Gasteiger partial charge in [0.25, 0.3) is 5.91 Å². The van der Waals surface area contributed by atoms with Crippen LogP contribution in [0.15, 0.2) is 69.6 Å². The van der Waals surface area contributed by atoms with Crippen LogP contribution in [-0.4, -0.2) is 45.9 Å². The number of hydrogen-bond acceptors (Lipinski definition) is 6. The fourth-order valence-corrected chi connectivity index (χ4v) is 5.86. The number of aryl methyl sites for hydroxylation is 1. The van der Waals surface area contributed by atoms with Crippen LogP contribution in [0.1, 0.15) is 56.6 Å². The Morgan fingerprint density at radius 1 is 1.27 bits per heavy atom. The van der Waals surface area contributed by atoms with Crippen molar-refractivity contribution in [1.82, 2.24) is 19.8 Å². The molecular formula is C30H36F2N6O2. The normalized spacial score (nSPS) is 20.8. The fraction of sp³-hybridized carbons (Fsp3) is 0.433. The predicted molar refractivity (Wildman–Crippen MR) is 149 cm³/mol. The molecule has 2 aromatic heterocycles. The van der Waals surface area contributed by atoms with Crippen molar-refractivity contribution >= 4 is 11.6 Å². The maximum atomic E-state index is 14.6. The maximum Gasteiger partial charge on any atom is 0.275 e. The molecule has 40 heavy (non-hydrogen) atoms. The van der Waals surface area contributed by atoms with Crippen molar-refractivity contribution in [3.8, 4) is 11.3 Å². The van der Waals surface area contributed by atoms with E-state index in [0.717, 1.165) is 12.8 Å². The van der Waals surface area contributed by atoms with Gasteiger partial charge >= 0.3 is 0 Å². The zero-order valence-electron chi connectivity index (χ0n) is 23.9. The quantitative estimate of drug-likeness (QED) is 0.213. The van der Waals surface area contributed by atoms with Gasteiger partial charge in [0.15, 0.2) is 11.5 Å². The average Bonchev–Trinajstić information content (AvgIpc) is 3.61. The van der Waals surface area contributed by atoms with Crippen LogP contribution in [0, 0.1) is 28.4 Å². The molecule has 0 saturated heterocycles. The highest BCUT2D eigenvalue weighted by atomic mass is 19.1. The summed E-state index contributed by atoms with van der Waals surface area (Å²) >= 11 is 0. The molecule has 0 N–H and O–H groups in total. The molecule has 1 fully saturated rings. The topological polar surface area (TPSA) is 88.9 Å². The van der Waals surface area contributed by atoms with Crippen LogP contribution in [0.5, 0.6) is 0 Å². The molecule has 0 radical (unpaired) electrons. The van der Waals surface area contributed by atoms with Crippen molar-refractivity contribution in [2.24, 2.45) is 34.0 Å². The van der Waals surface area contributed by atoms with Crippen molar-refractivity contribution in [3.05, 3.63) is 77.8 Å². The highest BCUT2D eigenvalue weighted by Crippen LogP contribution is 2.58. The van der Waals surface area contributed by atoms with Crippen LogP contribution in [0.25, 0.3) is 17.0 Å². The molecule has 3 aromatic rings. The predicted octanol–water partition coefficient (Wildman–Crippen LogP) is 6.94. The monoisotopic (exact) mass is 550 g/mol. The molecule has 1 aromatic carbocycles. The number of nitrogens with zero attached hydrogens (tertiary/aromatic N) is 6. The largest absolute Gasteiger partial charge is 0.356 e. The Morgan fingerprint density at radius 2 is 1.98 bits per heavy atom. The summed E-state index contributed by atoms with van der Waals surface area (Å²) in [4.78, 5) is 15.6. The summed E-state index contributed by atoms with van der Waals surface area (Å²) in [7, 11) is 3.22. The highest BCUT2D eigenvalue weighted by molar-refractivity contribution is 5.98. The van der Waals surface area contributed by atoms with Gasteiger partial charge in [-0.1, -0.05) is 38.6 Å². The number of amides is 1. The molecule has 0 unspecified atom stereocenters. The molecule has 2 atom stereocenters. The fourth-order valence-electron chi connectivity index (χ4n) is 5.86. The van der Waals surface area contributed by atoms with E-state index in [1.54, 1.807) is 30.1 Å². The van der Waals surface area contributed by atoms with E-state index in [4.69, 9.17) is 4.52 Å². The summed E-state index contributed by atoms with van der Waals surface area (Å²) in [5, 5.41) is 16.0. The highest BCUT2D eigenvalue weighted by Gasteiger charge is 2.53.